The average Bonchev–Trinajstić information content (AvgIpc) is 2.87. The van der Waals surface area contributed by atoms with Gasteiger partial charge in [-0.05, 0) is 54.3 Å². The standard InChI is InChI=1S/C27H32F7N3/c28-23-8-6-20(7-9-23)25(37-12-10-36(11-13-37)24-4-2-1-3-5-24)18-35-17-19-14-21(26(29,30)31)16-22(15-19)27(32,33)34/h6-9,14-16,24-25,35H,1-5,10-13,17-18H2. The van der Waals surface area contributed by atoms with E-state index in [1.165, 1.54) is 44.2 Å². The van der Waals surface area contributed by atoms with Crippen molar-refractivity contribution >= 4 is 0 Å². The number of nitrogens with zero attached hydrogens (tertiary/aromatic N) is 2. The van der Waals surface area contributed by atoms with E-state index in [4.69, 9.17) is 0 Å². The molecule has 204 valence electrons. The summed E-state index contributed by atoms with van der Waals surface area (Å²) in [5, 5.41) is 3.06. The second-order valence-electron chi connectivity index (χ2n) is 9.98. The topological polar surface area (TPSA) is 18.5 Å². The minimum atomic E-state index is -4.88. The molecule has 2 aromatic carbocycles. The largest absolute Gasteiger partial charge is 0.416 e. The van der Waals surface area contributed by atoms with Gasteiger partial charge in [-0.1, -0.05) is 31.4 Å². The monoisotopic (exact) mass is 531 g/mol. The van der Waals surface area contributed by atoms with E-state index >= 15 is 0 Å². The van der Waals surface area contributed by atoms with Crippen molar-refractivity contribution in [3.8, 4) is 0 Å². The highest BCUT2D eigenvalue weighted by molar-refractivity contribution is 5.33. The molecular weight excluding hydrogens is 499 g/mol. The van der Waals surface area contributed by atoms with Gasteiger partial charge in [0.15, 0.2) is 0 Å². The third kappa shape index (κ3) is 7.45. The van der Waals surface area contributed by atoms with Gasteiger partial charge in [0, 0.05) is 51.4 Å². The fourth-order valence-electron chi connectivity index (χ4n) is 5.48. The van der Waals surface area contributed by atoms with Crippen LogP contribution in [0.25, 0.3) is 0 Å². The number of benzene rings is 2. The predicted octanol–water partition coefficient (Wildman–Crippen LogP) is 6.64. The Kier molecular flexibility index (Phi) is 8.81. The number of alkyl halides is 6. The number of rotatable bonds is 7. The number of halogens is 7. The van der Waals surface area contributed by atoms with Crippen LogP contribution in [0.1, 0.15) is 60.4 Å². The van der Waals surface area contributed by atoms with Crippen molar-refractivity contribution in [1.82, 2.24) is 15.1 Å². The maximum absolute atomic E-state index is 13.6. The first kappa shape index (κ1) is 27.9. The Hall–Kier alpha value is -2.17. The molecule has 1 aliphatic carbocycles. The number of piperazine rings is 1. The highest BCUT2D eigenvalue weighted by atomic mass is 19.4. The molecule has 2 fully saturated rings. The summed E-state index contributed by atoms with van der Waals surface area (Å²) in [6, 6.07) is 8.13. The van der Waals surface area contributed by atoms with Crippen molar-refractivity contribution in [2.75, 3.05) is 32.7 Å². The molecule has 1 atom stereocenters. The van der Waals surface area contributed by atoms with Gasteiger partial charge in [-0.2, -0.15) is 26.3 Å². The molecule has 1 saturated carbocycles. The second-order valence-corrected chi connectivity index (χ2v) is 9.98. The van der Waals surface area contributed by atoms with Gasteiger partial charge in [-0.3, -0.25) is 9.80 Å². The molecule has 37 heavy (non-hydrogen) atoms. The molecule has 0 amide bonds. The Balaban J connectivity index is 1.45. The van der Waals surface area contributed by atoms with Gasteiger partial charge in [0.05, 0.1) is 11.1 Å². The zero-order valence-corrected chi connectivity index (χ0v) is 20.5. The van der Waals surface area contributed by atoms with E-state index in [2.05, 4.69) is 15.1 Å². The van der Waals surface area contributed by atoms with E-state index in [0.717, 1.165) is 43.9 Å². The lowest BCUT2D eigenvalue weighted by atomic mass is 9.93. The molecular formula is C27H32F7N3. The Morgan fingerprint density at radius 3 is 1.89 bits per heavy atom. The van der Waals surface area contributed by atoms with Gasteiger partial charge in [0.1, 0.15) is 5.82 Å². The van der Waals surface area contributed by atoms with Crippen LogP contribution in [0.4, 0.5) is 30.7 Å². The van der Waals surface area contributed by atoms with Crippen molar-refractivity contribution in [2.45, 2.75) is 63.1 Å². The van der Waals surface area contributed by atoms with E-state index in [9.17, 15) is 30.7 Å². The molecule has 1 heterocycles. The fraction of sp³-hybridized carbons (Fsp3) is 0.556. The van der Waals surface area contributed by atoms with Crippen molar-refractivity contribution in [1.29, 1.82) is 0 Å². The van der Waals surface area contributed by atoms with Crippen LogP contribution in [0.15, 0.2) is 42.5 Å². The summed E-state index contributed by atoms with van der Waals surface area (Å²) >= 11 is 0. The quantitative estimate of drug-likeness (QED) is 0.404. The number of hydrogen-bond donors (Lipinski definition) is 1. The van der Waals surface area contributed by atoms with Gasteiger partial charge in [-0.15, -0.1) is 0 Å². The van der Waals surface area contributed by atoms with Crippen LogP contribution in [0.2, 0.25) is 0 Å². The minimum Gasteiger partial charge on any atom is -0.311 e. The van der Waals surface area contributed by atoms with Gasteiger partial charge >= 0.3 is 12.4 Å². The molecule has 1 unspecified atom stereocenters. The van der Waals surface area contributed by atoms with Crippen LogP contribution in [-0.2, 0) is 18.9 Å². The summed E-state index contributed by atoms with van der Waals surface area (Å²) in [6.45, 7) is 3.49. The Morgan fingerprint density at radius 1 is 0.784 bits per heavy atom. The van der Waals surface area contributed by atoms with Gasteiger partial charge in [0.2, 0.25) is 0 Å². The van der Waals surface area contributed by atoms with Crippen molar-refractivity contribution in [2.24, 2.45) is 0 Å². The lowest BCUT2D eigenvalue weighted by molar-refractivity contribution is -0.143. The Morgan fingerprint density at radius 2 is 1.35 bits per heavy atom. The third-order valence-electron chi connectivity index (χ3n) is 7.45. The molecule has 4 rings (SSSR count). The Labute approximate surface area is 212 Å². The average molecular weight is 532 g/mol. The molecule has 0 radical (unpaired) electrons. The minimum absolute atomic E-state index is 0.0953. The van der Waals surface area contributed by atoms with E-state index < -0.39 is 23.5 Å². The first-order valence-corrected chi connectivity index (χ1v) is 12.7. The van der Waals surface area contributed by atoms with E-state index in [-0.39, 0.29) is 30.0 Å². The lowest BCUT2D eigenvalue weighted by Crippen LogP contribution is -2.52. The molecule has 0 aromatic heterocycles. The van der Waals surface area contributed by atoms with Crippen LogP contribution < -0.4 is 5.32 Å². The molecule has 1 saturated heterocycles. The van der Waals surface area contributed by atoms with E-state index in [0.29, 0.717) is 12.6 Å². The van der Waals surface area contributed by atoms with E-state index in [1.807, 2.05) is 0 Å². The number of nitrogens with one attached hydrogen (secondary N) is 1. The maximum Gasteiger partial charge on any atom is 0.416 e. The fourth-order valence-corrected chi connectivity index (χ4v) is 5.48. The molecule has 0 spiro atoms. The predicted molar refractivity (Wildman–Crippen MR) is 127 cm³/mol. The first-order chi connectivity index (χ1) is 17.5. The zero-order chi connectivity index (χ0) is 26.6. The lowest BCUT2D eigenvalue weighted by Gasteiger charge is -2.43. The van der Waals surface area contributed by atoms with Crippen molar-refractivity contribution in [3.05, 3.63) is 70.5 Å². The zero-order valence-electron chi connectivity index (χ0n) is 20.5. The Bertz CT molecular complexity index is 974. The molecule has 0 bridgehead atoms. The smallest absolute Gasteiger partial charge is 0.311 e. The summed E-state index contributed by atoms with van der Waals surface area (Å²) in [6.07, 6.45) is -3.57. The highest BCUT2D eigenvalue weighted by Gasteiger charge is 2.37. The second kappa shape index (κ2) is 11.7. The first-order valence-electron chi connectivity index (χ1n) is 12.7. The van der Waals surface area contributed by atoms with Crippen LogP contribution in [0, 0.1) is 5.82 Å². The number of hydrogen-bond acceptors (Lipinski definition) is 3. The van der Waals surface area contributed by atoms with Gasteiger partial charge in [0.25, 0.3) is 0 Å². The SMILES string of the molecule is Fc1ccc(C(CNCc2cc(C(F)(F)F)cc(C(F)(F)F)c2)N2CCN(C3CCCCC3)CC2)cc1. The van der Waals surface area contributed by atoms with Crippen molar-refractivity contribution < 1.29 is 30.7 Å². The molecule has 2 aromatic rings. The van der Waals surface area contributed by atoms with E-state index in [1.54, 1.807) is 12.1 Å². The maximum atomic E-state index is 13.6. The van der Waals surface area contributed by atoms with Gasteiger partial charge in [-0.25, -0.2) is 4.39 Å². The summed E-state index contributed by atoms with van der Waals surface area (Å²) in [5.74, 6) is -0.374. The van der Waals surface area contributed by atoms with Crippen LogP contribution in [0.3, 0.4) is 0 Å². The van der Waals surface area contributed by atoms with Crippen LogP contribution in [-0.4, -0.2) is 48.6 Å². The van der Waals surface area contributed by atoms with Gasteiger partial charge < -0.3 is 5.32 Å². The highest BCUT2D eigenvalue weighted by Crippen LogP contribution is 2.36. The summed E-state index contributed by atoms with van der Waals surface area (Å²) in [4.78, 5) is 4.78. The summed E-state index contributed by atoms with van der Waals surface area (Å²) in [7, 11) is 0. The van der Waals surface area contributed by atoms with Crippen LogP contribution >= 0.6 is 0 Å². The van der Waals surface area contributed by atoms with Crippen molar-refractivity contribution in [3.63, 3.8) is 0 Å². The molecule has 1 N–H and O–H groups in total. The third-order valence-corrected chi connectivity index (χ3v) is 7.45. The van der Waals surface area contributed by atoms with Crippen LogP contribution in [0.5, 0.6) is 0 Å². The molecule has 10 heteroatoms. The summed E-state index contributed by atoms with van der Waals surface area (Å²) < 4.78 is 92.9. The molecule has 2 aliphatic rings. The summed E-state index contributed by atoms with van der Waals surface area (Å²) in [5.41, 5.74) is -1.90. The molecule has 1 aliphatic heterocycles. The normalized spacial score (nSPS) is 19.8. The molecule has 3 nitrogen and oxygen atoms in total.